The van der Waals surface area contributed by atoms with Crippen molar-refractivity contribution in [2.45, 2.75) is 13.1 Å². The van der Waals surface area contributed by atoms with Crippen molar-refractivity contribution in [1.82, 2.24) is 24.9 Å². The van der Waals surface area contributed by atoms with Crippen molar-refractivity contribution in [2.75, 3.05) is 20.3 Å². The standard InChI is InChI=1S/C12H19N5O/c1-16-9-11(14-15-16)10-17-6-3-4-12(17)8-13-5-7-18-2/h3-4,6,9,13H,5,7-8,10H2,1-2H3. The predicted octanol–water partition coefficient (Wildman–Crippen LogP) is 0.401. The van der Waals surface area contributed by atoms with Crippen LogP contribution in [0.1, 0.15) is 11.4 Å². The molecule has 0 fully saturated rings. The van der Waals surface area contributed by atoms with Gasteiger partial charge < -0.3 is 14.6 Å². The third-order valence-corrected chi connectivity index (χ3v) is 2.70. The Bertz CT molecular complexity index is 476. The molecule has 0 unspecified atom stereocenters. The lowest BCUT2D eigenvalue weighted by molar-refractivity contribution is 0.199. The quantitative estimate of drug-likeness (QED) is 0.722. The van der Waals surface area contributed by atoms with Crippen LogP contribution >= 0.6 is 0 Å². The molecule has 0 aliphatic heterocycles. The van der Waals surface area contributed by atoms with Crippen molar-refractivity contribution in [1.29, 1.82) is 0 Å². The van der Waals surface area contributed by atoms with Crippen LogP contribution in [0.5, 0.6) is 0 Å². The van der Waals surface area contributed by atoms with Gasteiger partial charge in [-0.25, -0.2) is 0 Å². The molecule has 18 heavy (non-hydrogen) atoms. The van der Waals surface area contributed by atoms with Gasteiger partial charge in [0.1, 0.15) is 5.69 Å². The molecule has 6 heteroatoms. The molecule has 1 N–H and O–H groups in total. The van der Waals surface area contributed by atoms with Crippen LogP contribution in [-0.2, 0) is 24.9 Å². The van der Waals surface area contributed by atoms with Gasteiger partial charge in [-0.3, -0.25) is 4.68 Å². The zero-order valence-corrected chi connectivity index (χ0v) is 10.8. The fraction of sp³-hybridized carbons (Fsp3) is 0.500. The lowest BCUT2D eigenvalue weighted by Crippen LogP contribution is -2.20. The van der Waals surface area contributed by atoms with Crippen molar-refractivity contribution in [3.63, 3.8) is 0 Å². The molecule has 0 saturated heterocycles. The Hall–Kier alpha value is -1.66. The van der Waals surface area contributed by atoms with Crippen molar-refractivity contribution < 1.29 is 4.74 Å². The maximum Gasteiger partial charge on any atom is 0.102 e. The highest BCUT2D eigenvalue weighted by atomic mass is 16.5. The van der Waals surface area contributed by atoms with Gasteiger partial charge in [0, 0.05) is 45.3 Å². The fourth-order valence-corrected chi connectivity index (χ4v) is 1.80. The van der Waals surface area contributed by atoms with Crippen LogP contribution in [0.25, 0.3) is 0 Å². The summed E-state index contributed by atoms with van der Waals surface area (Å²) in [6, 6.07) is 4.15. The number of rotatable bonds is 7. The largest absolute Gasteiger partial charge is 0.383 e. The van der Waals surface area contributed by atoms with Crippen LogP contribution in [0.3, 0.4) is 0 Å². The molecule has 0 saturated carbocycles. The number of aromatic nitrogens is 4. The van der Waals surface area contributed by atoms with Gasteiger partial charge in [-0.1, -0.05) is 5.21 Å². The minimum atomic E-state index is 0.727. The van der Waals surface area contributed by atoms with E-state index in [1.165, 1.54) is 5.69 Å². The minimum Gasteiger partial charge on any atom is -0.383 e. The highest BCUT2D eigenvalue weighted by Crippen LogP contribution is 2.05. The molecular formula is C12H19N5O. The van der Waals surface area contributed by atoms with Crippen LogP contribution < -0.4 is 5.32 Å². The fourth-order valence-electron chi connectivity index (χ4n) is 1.80. The number of hydrogen-bond donors (Lipinski definition) is 1. The first-order valence-electron chi connectivity index (χ1n) is 5.98. The minimum absolute atomic E-state index is 0.727. The third kappa shape index (κ3) is 3.41. The van der Waals surface area contributed by atoms with Gasteiger partial charge >= 0.3 is 0 Å². The van der Waals surface area contributed by atoms with E-state index >= 15 is 0 Å². The molecule has 2 aromatic heterocycles. The number of nitrogens with zero attached hydrogens (tertiary/aromatic N) is 4. The van der Waals surface area contributed by atoms with Crippen LogP contribution in [0, 0.1) is 0 Å². The summed E-state index contributed by atoms with van der Waals surface area (Å²) in [5.41, 5.74) is 2.20. The first-order valence-corrected chi connectivity index (χ1v) is 5.98. The van der Waals surface area contributed by atoms with Crippen molar-refractivity contribution >= 4 is 0 Å². The molecule has 0 aliphatic carbocycles. The van der Waals surface area contributed by atoms with E-state index in [-0.39, 0.29) is 0 Å². The van der Waals surface area contributed by atoms with Crippen LogP contribution in [0.15, 0.2) is 24.5 Å². The summed E-state index contributed by atoms with van der Waals surface area (Å²) in [5, 5.41) is 11.4. The highest BCUT2D eigenvalue weighted by molar-refractivity contribution is 5.09. The number of nitrogens with one attached hydrogen (secondary N) is 1. The molecule has 0 amide bonds. The predicted molar refractivity (Wildman–Crippen MR) is 68.1 cm³/mol. The zero-order chi connectivity index (χ0) is 12.8. The average molecular weight is 249 g/mol. The third-order valence-electron chi connectivity index (χ3n) is 2.70. The van der Waals surface area contributed by atoms with E-state index in [2.05, 4.69) is 32.5 Å². The number of hydrogen-bond acceptors (Lipinski definition) is 4. The first-order chi connectivity index (χ1) is 8.79. The SMILES string of the molecule is COCCNCc1cccn1Cc1cn(C)nn1. The van der Waals surface area contributed by atoms with E-state index in [9.17, 15) is 0 Å². The molecule has 2 aromatic rings. The Kier molecular flexibility index (Phi) is 4.49. The van der Waals surface area contributed by atoms with E-state index in [0.29, 0.717) is 0 Å². The summed E-state index contributed by atoms with van der Waals surface area (Å²) in [6.07, 6.45) is 3.99. The van der Waals surface area contributed by atoms with Gasteiger partial charge in [-0.2, -0.15) is 0 Å². The van der Waals surface area contributed by atoms with E-state index < -0.39 is 0 Å². The second-order valence-electron chi connectivity index (χ2n) is 4.18. The highest BCUT2D eigenvalue weighted by Gasteiger charge is 2.04. The van der Waals surface area contributed by atoms with E-state index in [0.717, 1.165) is 31.9 Å². The molecular weight excluding hydrogens is 230 g/mol. The van der Waals surface area contributed by atoms with E-state index in [4.69, 9.17) is 4.74 Å². The van der Waals surface area contributed by atoms with Gasteiger partial charge in [-0.15, -0.1) is 5.10 Å². The maximum atomic E-state index is 5.00. The summed E-state index contributed by atoms with van der Waals surface area (Å²) < 4.78 is 8.89. The number of methoxy groups -OCH3 is 1. The number of aryl methyl sites for hydroxylation is 1. The molecule has 0 atom stereocenters. The second kappa shape index (κ2) is 6.32. The molecule has 0 spiro atoms. The van der Waals surface area contributed by atoms with E-state index in [1.807, 2.05) is 19.3 Å². The molecule has 0 radical (unpaired) electrons. The second-order valence-corrected chi connectivity index (χ2v) is 4.18. The molecule has 0 bridgehead atoms. The van der Waals surface area contributed by atoms with Crippen molar-refractivity contribution in [2.24, 2.45) is 7.05 Å². The van der Waals surface area contributed by atoms with Gasteiger partial charge in [0.25, 0.3) is 0 Å². The summed E-state index contributed by atoms with van der Waals surface area (Å²) in [4.78, 5) is 0. The van der Waals surface area contributed by atoms with Gasteiger partial charge in [-0.05, 0) is 12.1 Å². The molecule has 2 heterocycles. The number of ether oxygens (including phenoxy) is 1. The smallest absolute Gasteiger partial charge is 0.102 e. The van der Waals surface area contributed by atoms with Crippen molar-refractivity contribution in [3.05, 3.63) is 35.9 Å². The Labute approximate surface area is 107 Å². The topological polar surface area (TPSA) is 56.9 Å². The summed E-state index contributed by atoms with van der Waals surface area (Å²) in [7, 11) is 3.58. The van der Waals surface area contributed by atoms with Crippen LogP contribution in [-0.4, -0.2) is 39.8 Å². The Balaban J connectivity index is 1.91. The Morgan fingerprint density at radius 3 is 3.06 bits per heavy atom. The van der Waals surface area contributed by atoms with Gasteiger partial charge in [0.15, 0.2) is 0 Å². The molecule has 0 aliphatic rings. The monoisotopic (exact) mass is 249 g/mol. The summed E-state index contributed by atoms with van der Waals surface area (Å²) in [6.45, 7) is 3.16. The lowest BCUT2D eigenvalue weighted by atomic mass is 10.4. The Morgan fingerprint density at radius 1 is 1.44 bits per heavy atom. The van der Waals surface area contributed by atoms with E-state index in [1.54, 1.807) is 11.8 Å². The normalized spacial score (nSPS) is 11.0. The lowest BCUT2D eigenvalue weighted by Gasteiger charge is -2.08. The molecule has 2 rings (SSSR count). The van der Waals surface area contributed by atoms with Crippen molar-refractivity contribution in [3.8, 4) is 0 Å². The van der Waals surface area contributed by atoms with Gasteiger partial charge in [0.05, 0.1) is 13.2 Å². The van der Waals surface area contributed by atoms with Gasteiger partial charge in [0.2, 0.25) is 0 Å². The van der Waals surface area contributed by atoms with Crippen LogP contribution in [0.2, 0.25) is 0 Å². The Morgan fingerprint density at radius 2 is 2.33 bits per heavy atom. The summed E-state index contributed by atoms with van der Waals surface area (Å²) in [5.74, 6) is 0. The zero-order valence-electron chi connectivity index (χ0n) is 10.8. The first kappa shape index (κ1) is 12.8. The molecule has 98 valence electrons. The van der Waals surface area contributed by atoms with Crippen LogP contribution in [0.4, 0.5) is 0 Å². The molecule has 6 nitrogen and oxygen atoms in total. The summed E-state index contributed by atoms with van der Waals surface area (Å²) >= 11 is 0. The average Bonchev–Trinajstić information content (AvgIpc) is 2.95. The maximum absolute atomic E-state index is 5.00. The molecule has 0 aromatic carbocycles.